The molecule has 43 heavy (non-hydrogen) atoms. The summed E-state index contributed by atoms with van der Waals surface area (Å²) in [6.07, 6.45) is -10.9. The Morgan fingerprint density at radius 2 is 1.40 bits per heavy atom. The Morgan fingerprint density at radius 1 is 0.791 bits per heavy atom. The van der Waals surface area contributed by atoms with E-state index >= 15 is 4.39 Å². The summed E-state index contributed by atoms with van der Waals surface area (Å²) < 4.78 is 92.3. The Labute approximate surface area is 243 Å². The molecule has 0 saturated heterocycles. The van der Waals surface area contributed by atoms with Gasteiger partial charge in [0.05, 0.1) is 5.54 Å². The highest BCUT2D eigenvalue weighted by molar-refractivity contribution is 5.86. The predicted octanol–water partition coefficient (Wildman–Crippen LogP) is 7.11. The fourth-order valence-electron chi connectivity index (χ4n) is 4.61. The van der Waals surface area contributed by atoms with E-state index < -0.39 is 53.4 Å². The van der Waals surface area contributed by atoms with E-state index in [1.165, 1.54) is 24.3 Å². The molecular weight excluding hydrogens is 576 g/mol. The van der Waals surface area contributed by atoms with Crippen molar-refractivity contribution < 1.29 is 45.4 Å². The van der Waals surface area contributed by atoms with Crippen molar-refractivity contribution >= 4 is 11.9 Å². The van der Waals surface area contributed by atoms with E-state index in [9.17, 15) is 31.5 Å². The Morgan fingerprint density at radius 3 is 1.98 bits per heavy atom. The Balaban J connectivity index is 1.95. The number of hydrogen-bond acceptors (Lipinski definition) is 4. The van der Waals surface area contributed by atoms with Gasteiger partial charge in [0.15, 0.2) is 0 Å². The van der Waals surface area contributed by atoms with Gasteiger partial charge in [-0.15, -0.1) is 0 Å². The maximum Gasteiger partial charge on any atom is 0.461 e. The van der Waals surface area contributed by atoms with Crippen molar-refractivity contribution in [3.05, 3.63) is 137 Å². The molecule has 0 spiro atoms. The van der Waals surface area contributed by atoms with Gasteiger partial charge < -0.3 is 14.8 Å². The molecule has 11 heteroatoms. The number of alkyl halides is 4. The number of hydrogen-bond donors (Lipinski definition) is 1. The molecule has 2 atom stereocenters. The lowest BCUT2D eigenvalue weighted by atomic mass is 9.77. The molecule has 4 rings (SSSR count). The van der Waals surface area contributed by atoms with Crippen molar-refractivity contribution in [3.8, 4) is 5.75 Å². The number of halogens is 6. The summed E-state index contributed by atoms with van der Waals surface area (Å²) in [5.41, 5.74) is -1.06. The van der Waals surface area contributed by atoms with Gasteiger partial charge in [0, 0.05) is 25.0 Å². The van der Waals surface area contributed by atoms with Crippen LogP contribution in [0.1, 0.15) is 35.3 Å². The van der Waals surface area contributed by atoms with E-state index in [2.05, 4.69) is 10.1 Å². The third kappa shape index (κ3) is 7.54. The minimum Gasteiger partial charge on any atom is -0.447 e. The Hall–Kier alpha value is -4.80. The van der Waals surface area contributed by atoms with Gasteiger partial charge in [-0.1, -0.05) is 72.8 Å². The number of ether oxygens (including phenoxy) is 2. The quantitative estimate of drug-likeness (QED) is 0.147. The van der Waals surface area contributed by atoms with Crippen molar-refractivity contribution in [1.29, 1.82) is 0 Å². The maximum atomic E-state index is 15.0. The summed E-state index contributed by atoms with van der Waals surface area (Å²) >= 11 is 0. The molecular formula is C32H25F6NO4. The Kier molecular flexibility index (Phi) is 9.43. The summed E-state index contributed by atoms with van der Waals surface area (Å²) in [4.78, 5) is 26.0. The molecule has 1 N–H and O–H groups in total. The first-order valence-electron chi connectivity index (χ1n) is 12.9. The van der Waals surface area contributed by atoms with Gasteiger partial charge in [0.2, 0.25) is 6.10 Å². The van der Waals surface area contributed by atoms with Crippen LogP contribution in [0.3, 0.4) is 0 Å². The monoisotopic (exact) mass is 601 g/mol. The third-order valence-electron chi connectivity index (χ3n) is 6.48. The normalized spacial score (nSPS) is 13.6. The number of benzene rings is 4. The van der Waals surface area contributed by atoms with Crippen LogP contribution in [-0.4, -0.2) is 24.4 Å². The minimum absolute atomic E-state index is 0.165. The molecule has 5 nitrogen and oxygen atoms in total. The zero-order valence-corrected chi connectivity index (χ0v) is 22.6. The van der Waals surface area contributed by atoms with Gasteiger partial charge in [-0.05, 0) is 41.0 Å². The second-order valence-corrected chi connectivity index (χ2v) is 9.60. The van der Waals surface area contributed by atoms with Gasteiger partial charge in [-0.25, -0.2) is 8.78 Å². The van der Waals surface area contributed by atoms with Crippen molar-refractivity contribution in [1.82, 2.24) is 5.32 Å². The fourth-order valence-corrected chi connectivity index (χ4v) is 4.61. The van der Waals surface area contributed by atoms with Crippen molar-refractivity contribution in [2.45, 2.75) is 37.5 Å². The highest BCUT2D eigenvalue weighted by atomic mass is 19.3. The molecule has 224 valence electrons. The number of amides is 1. The van der Waals surface area contributed by atoms with Crippen molar-refractivity contribution in [2.75, 3.05) is 0 Å². The molecule has 0 heterocycles. The van der Waals surface area contributed by atoms with E-state index in [4.69, 9.17) is 4.74 Å². The second kappa shape index (κ2) is 13.0. The Bertz CT molecular complexity index is 1550. The lowest BCUT2D eigenvalue weighted by molar-refractivity contribution is -0.253. The van der Waals surface area contributed by atoms with Crippen LogP contribution in [0.15, 0.2) is 103 Å². The van der Waals surface area contributed by atoms with Crippen LogP contribution in [-0.2, 0) is 26.3 Å². The van der Waals surface area contributed by atoms with Crippen LogP contribution >= 0.6 is 0 Å². The number of carbonyl (C=O) groups excluding carboxylic acids is 2. The molecule has 0 aliphatic heterocycles. The summed E-state index contributed by atoms with van der Waals surface area (Å²) in [6, 6.07) is 23.4. The van der Waals surface area contributed by atoms with Gasteiger partial charge in [0.25, 0.3) is 5.91 Å². The van der Waals surface area contributed by atoms with Crippen LogP contribution in [0.2, 0.25) is 0 Å². The summed E-state index contributed by atoms with van der Waals surface area (Å²) in [6.45, 7) is 1.10. The largest absolute Gasteiger partial charge is 0.461 e. The van der Waals surface area contributed by atoms with E-state index in [0.29, 0.717) is 11.6 Å². The molecule has 0 fully saturated rings. The van der Waals surface area contributed by atoms with E-state index in [-0.39, 0.29) is 23.1 Å². The molecule has 2 unspecified atom stereocenters. The average Bonchev–Trinajstić information content (AvgIpc) is 2.96. The fraction of sp³-hybridized carbons (Fsp3) is 0.188. The minimum atomic E-state index is -4.96. The maximum absolute atomic E-state index is 15.0. The molecule has 0 bridgehead atoms. The van der Waals surface area contributed by atoms with E-state index in [1.807, 2.05) is 0 Å². The summed E-state index contributed by atoms with van der Waals surface area (Å²) in [5, 5.41) is 2.78. The molecule has 0 radical (unpaired) electrons. The topological polar surface area (TPSA) is 64.6 Å². The van der Waals surface area contributed by atoms with Gasteiger partial charge in [-0.2, -0.15) is 17.6 Å². The standard InChI is InChI=1S/C32H25F6NO4/c1-20(40)42-28(22-10-6-3-7-11-22)29(41)39-31(19-21-8-4-2-5-9-21,23-12-14-25(33)15-13-23)24-16-26(34)18-27(17-24)43-32(37,38)30(35)36/h2-18,28,30H,19H2,1H3,(H,39,41). The average molecular weight is 602 g/mol. The van der Waals surface area contributed by atoms with Gasteiger partial charge >= 0.3 is 18.5 Å². The summed E-state index contributed by atoms with van der Waals surface area (Å²) in [7, 11) is 0. The number of esters is 1. The van der Waals surface area contributed by atoms with Gasteiger partial charge in [0.1, 0.15) is 17.4 Å². The lowest BCUT2D eigenvalue weighted by Crippen LogP contribution is -2.50. The van der Waals surface area contributed by atoms with Crippen LogP contribution in [0, 0.1) is 11.6 Å². The highest BCUT2D eigenvalue weighted by Gasteiger charge is 2.45. The van der Waals surface area contributed by atoms with Crippen LogP contribution in [0.4, 0.5) is 26.3 Å². The molecule has 0 saturated carbocycles. The van der Waals surface area contributed by atoms with E-state index in [1.54, 1.807) is 48.5 Å². The molecule has 0 aliphatic carbocycles. The first-order chi connectivity index (χ1) is 20.4. The smallest absolute Gasteiger partial charge is 0.447 e. The van der Waals surface area contributed by atoms with Crippen LogP contribution in [0.5, 0.6) is 5.75 Å². The van der Waals surface area contributed by atoms with Crippen molar-refractivity contribution in [2.24, 2.45) is 0 Å². The zero-order valence-electron chi connectivity index (χ0n) is 22.6. The molecule has 4 aromatic carbocycles. The molecule has 1 amide bonds. The molecule has 4 aromatic rings. The van der Waals surface area contributed by atoms with Gasteiger partial charge in [-0.3, -0.25) is 9.59 Å². The number of carbonyl (C=O) groups is 2. The van der Waals surface area contributed by atoms with Crippen molar-refractivity contribution in [3.63, 3.8) is 0 Å². The van der Waals surface area contributed by atoms with Crippen LogP contribution in [0.25, 0.3) is 0 Å². The SMILES string of the molecule is CC(=O)OC(C(=O)NC(Cc1ccccc1)(c1ccc(F)cc1)c1cc(F)cc(OC(F)(F)C(F)F)c1)c1ccccc1. The predicted molar refractivity (Wildman–Crippen MR) is 144 cm³/mol. The lowest BCUT2D eigenvalue weighted by Gasteiger charge is -2.38. The second-order valence-electron chi connectivity index (χ2n) is 9.60. The molecule has 0 aromatic heterocycles. The number of rotatable bonds is 11. The first kappa shape index (κ1) is 31.1. The van der Waals surface area contributed by atoms with Crippen LogP contribution < -0.4 is 10.1 Å². The number of nitrogens with one attached hydrogen (secondary N) is 1. The highest BCUT2D eigenvalue weighted by Crippen LogP contribution is 2.38. The third-order valence-corrected chi connectivity index (χ3v) is 6.48. The zero-order chi connectivity index (χ0) is 31.2. The van der Waals surface area contributed by atoms with E-state index in [0.717, 1.165) is 31.2 Å². The summed E-state index contributed by atoms with van der Waals surface area (Å²) in [5.74, 6) is -4.44. The molecule has 0 aliphatic rings. The first-order valence-corrected chi connectivity index (χ1v) is 12.9.